The molecule has 2 N–H and O–H groups in total. The summed E-state index contributed by atoms with van der Waals surface area (Å²) in [5.41, 5.74) is 0.413. The number of alkyl halides is 3. The first-order chi connectivity index (χ1) is 15.0. The van der Waals surface area contributed by atoms with E-state index in [-0.39, 0.29) is 30.2 Å². The van der Waals surface area contributed by atoms with E-state index in [9.17, 15) is 22.8 Å². The van der Waals surface area contributed by atoms with Crippen molar-refractivity contribution in [3.63, 3.8) is 0 Å². The average Bonchev–Trinajstić information content (AvgIpc) is 3.39. The van der Waals surface area contributed by atoms with Crippen LogP contribution < -0.4 is 10.6 Å². The van der Waals surface area contributed by atoms with Crippen LogP contribution in [-0.4, -0.2) is 41.2 Å². The predicted octanol–water partition coefficient (Wildman–Crippen LogP) is 1.88. The Labute approximate surface area is 181 Å². The van der Waals surface area contributed by atoms with Gasteiger partial charge >= 0.3 is 6.18 Å². The number of halogens is 3. The first-order valence-electron chi connectivity index (χ1n) is 9.66. The smallest absolute Gasteiger partial charge is 0.346 e. The van der Waals surface area contributed by atoms with Gasteiger partial charge < -0.3 is 10.6 Å². The number of aryl methyl sites for hydroxylation is 3. The molecule has 0 bridgehead atoms. The van der Waals surface area contributed by atoms with Gasteiger partial charge in [0, 0.05) is 38.1 Å². The Morgan fingerprint density at radius 2 is 1.91 bits per heavy atom. The highest BCUT2D eigenvalue weighted by Crippen LogP contribution is 2.28. The molecule has 0 fully saturated rings. The van der Waals surface area contributed by atoms with Crippen LogP contribution in [-0.2, 0) is 38.2 Å². The number of aromatic nitrogens is 6. The molecule has 172 valence electrons. The summed E-state index contributed by atoms with van der Waals surface area (Å²) in [5, 5.41) is 17.0. The van der Waals surface area contributed by atoms with E-state index >= 15 is 0 Å². The van der Waals surface area contributed by atoms with Crippen LogP contribution in [0.4, 0.5) is 18.9 Å². The number of anilines is 1. The summed E-state index contributed by atoms with van der Waals surface area (Å²) in [6, 6.07) is 0.927. The monoisotopic (exact) mass is 452 g/mol. The molecular weight excluding hydrogens is 429 g/mol. The third-order valence-corrected chi connectivity index (χ3v) is 4.79. The third kappa shape index (κ3) is 5.15. The molecule has 0 aromatic carbocycles. The lowest BCUT2D eigenvalue weighted by molar-refractivity contribution is -0.141. The molecule has 0 aliphatic heterocycles. The van der Waals surface area contributed by atoms with Gasteiger partial charge in [0.05, 0.1) is 30.5 Å². The molecule has 3 heterocycles. The maximum Gasteiger partial charge on any atom is 0.435 e. The molecule has 0 radical (unpaired) electrons. The van der Waals surface area contributed by atoms with Crippen LogP contribution in [0.15, 0.2) is 24.7 Å². The molecule has 0 saturated carbocycles. The first-order valence-corrected chi connectivity index (χ1v) is 9.66. The van der Waals surface area contributed by atoms with Crippen molar-refractivity contribution in [1.29, 1.82) is 0 Å². The lowest BCUT2D eigenvalue weighted by atomic mass is 10.1. The highest BCUT2D eigenvalue weighted by atomic mass is 19.4. The largest absolute Gasteiger partial charge is 0.435 e. The van der Waals surface area contributed by atoms with Crippen molar-refractivity contribution in [1.82, 2.24) is 34.7 Å². The normalized spacial score (nSPS) is 12.6. The molecule has 3 aromatic heterocycles. The minimum absolute atomic E-state index is 0.0590. The number of rotatable bonds is 7. The fraction of sp³-hybridized carbons (Fsp3) is 0.421. The quantitative estimate of drug-likeness (QED) is 0.569. The van der Waals surface area contributed by atoms with Crippen molar-refractivity contribution in [3.8, 4) is 0 Å². The highest BCUT2D eigenvalue weighted by Gasteiger charge is 2.34. The van der Waals surface area contributed by atoms with Crippen molar-refractivity contribution in [3.05, 3.63) is 47.3 Å². The molecule has 0 aliphatic rings. The molecule has 0 aliphatic carbocycles. The first kappa shape index (κ1) is 23.0. The Hall–Kier alpha value is -3.64. The number of amides is 2. The van der Waals surface area contributed by atoms with Crippen LogP contribution in [0.3, 0.4) is 0 Å². The average molecular weight is 452 g/mol. The molecule has 0 spiro atoms. The standard InChI is InChI=1S/C19H23F3N8O2/c1-11(9-30-12(2)5-15(27-30)19(20,21)22)17(31)26-14-8-25-29(4)16(14)18(32)23-6-13-7-24-28(3)10-13/h5,7-8,10-11H,6,9H2,1-4H3,(H,23,32)(H,26,31). The molecule has 32 heavy (non-hydrogen) atoms. The molecular formula is C19H23F3N8O2. The van der Waals surface area contributed by atoms with Crippen LogP contribution in [0.1, 0.15) is 34.4 Å². The molecule has 1 unspecified atom stereocenters. The highest BCUT2D eigenvalue weighted by molar-refractivity contribution is 6.02. The molecule has 3 rings (SSSR count). The molecule has 10 nitrogen and oxygen atoms in total. The molecule has 1 atom stereocenters. The maximum absolute atomic E-state index is 12.9. The van der Waals surface area contributed by atoms with Gasteiger partial charge in [0.2, 0.25) is 5.91 Å². The molecule has 13 heteroatoms. The van der Waals surface area contributed by atoms with Crippen molar-refractivity contribution in [2.45, 2.75) is 33.1 Å². The summed E-state index contributed by atoms with van der Waals surface area (Å²) >= 11 is 0. The van der Waals surface area contributed by atoms with Gasteiger partial charge in [-0.25, -0.2) is 0 Å². The van der Waals surface area contributed by atoms with Crippen LogP contribution in [0.25, 0.3) is 0 Å². The molecule has 3 aromatic rings. The van der Waals surface area contributed by atoms with Gasteiger partial charge in [0.25, 0.3) is 5.91 Å². The van der Waals surface area contributed by atoms with E-state index in [1.807, 2.05) is 0 Å². The number of carbonyl (C=O) groups is 2. The summed E-state index contributed by atoms with van der Waals surface area (Å²) in [6.07, 6.45) is 0.157. The fourth-order valence-electron chi connectivity index (χ4n) is 3.06. The van der Waals surface area contributed by atoms with Crippen LogP contribution in [0.5, 0.6) is 0 Å². The minimum Gasteiger partial charge on any atom is -0.346 e. The Morgan fingerprint density at radius 1 is 1.19 bits per heavy atom. The van der Waals surface area contributed by atoms with Crippen molar-refractivity contribution in [2.75, 3.05) is 5.32 Å². The lowest BCUT2D eigenvalue weighted by Crippen LogP contribution is -2.29. The number of hydrogen-bond donors (Lipinski definition) is 2. The van der Waals surface area contributed by atoms with E-state index in [2.05, 4.69) is 25.9 Å². The summed E-state index contributed by atoms with van der Waals surface area (Å²) < 4.78 is 42.6. The van der Waals surface area contributed by atoms with Crippen molar-refractivity contribution < 1.29 is 22.8 Å². The Bertz CT molecular complexity index is 1130. The lowest BCUT2D eigenvalue weighted by Gasteiger charge is -2.14. The summed E-state index contributed by atoms with van der Waals surface area (Å²) in [4.78, 5) is 25.3. The Balaban J connectivity index is 1.66. The number of carbonyl (C=O) groups excluding carboxylic acids is 2. The Kier molecular flexibility index (Phi) is 6.37. The fourth-order valence-corrected chi connectivity index (χ4v) is 3.06. The second-order valence-corrected chi connectivity index (χ2v) is 7.48. The van der Waals surface area contributed by atoms with Crippen molar-refractivity contribution >= 4 is 17.5 Å². The van der Waals surface area contributed by atoms with E-state index < -0.39 is 29.6 Å². The zero-order chi connectivity index (χ0) is 23.6. The zero-order valence-electron chi connectivity index (χ0n) is 17.9. The maximum atomic E-state index is 12.9. The number of nitrogens with one attached hydrogen (secondary N) is 2. The topological polar surface area (TPSA) is 112 Å². The van der Waals surface area contributed by atoms with Gasteiger partial charge in [-0.2, -0.15) is 28.5 Å². The van der Waals surface area contributed by atoms with Gasteiger partial charge in [-0.1, -0.05) is 6.92 Å². The van der Waals surface area contributed by atoms with Crippen LogP contribution in [0, 0.1) is 12.8 Å². The zero-order valence-corrected chi connectivity index (χ0v) is 17.9. The number of hydrogen-bond acceptors (Lipinski definition) is 5. The minimum atomic E-state index is -4.56. The second kappa shape index (κ2) is 8.85. The van der Waals surface area contributed by atoms with E-state index in [1.165, 1.54) is 17.8 Å². The van der Waals surface area contributed by atoms with Crippen LogP contribution in [0.2, 0.25) is 0 Å². The summed E-state index contributed by atoms with van der Waals surface area (Å²) in [7, 11) is 3.32. The second-order valence-electron chi connectivity index (χ2n) is 7.48. The Morgan fingerprint density at radius 3 is 2.50 bits per heavy atom. The van der Waals surface area contributed by atoms with E-state index in [4.69, 9.17) is 0 Å². The van der Waals surface area contributed by atoms with Gasteiger partial charge in [-0.3, -0.25) is 23.6 Å². The predicted molar refractivity (Wildman–Crippen MR) is 107 cm³/mol. The van der Waals surface area contributed by atoms with Gasteiger partial charge in [0.1, 0.15) is 5.69 Å². The number of nitrogens with zero attached hydrogens (tertiary/aromatic N) is 6. The SMILES string of the molecule is Cc1cc(C(F)(F)F)nn1CC(C)C(=O)Nc1cnn(C)c1C(=O)NCc1cnn(C)c1. The molecule has 0 saturated heterocycles. The van der Waals surface area contributed by atoms with E-state index in [1.54, 1.807) is 38.1 Å². The van der Waals surface area contributed by atoms with Crippen LogP contribution >= 0.6 is 0 Å². The summed E-state index contributed by atoms with van der Waals surface area (Å²) in [6.45, 7) is 3.22. The molecule has 2 amide bonds. The van der Waals surface area contributed by atoms with Gasteiger partial charge in [-0.15, -0.1) is 0 Å². The van der Waals surface area contributed by atoms with Crippen molar-refractivity contribution in [2.24, 2.45) is 20.0 Å². The van der Waals surface area contributed by atoms with E-state index in [0.29, 0.717) is 0 Å². The van der Waals surface area contributed by atoms with E-state index in [0.717, 1.165) is 16.3 Å². The third-order valence-electron chi connectivity index (χ3n) is 4.79. The van der Waals surface area contributed by atoms with Gasteiger partial charge in [0.15, 0.2) is 5.69 Å². The van der Waals surface area contributed by atoms with Gasteiger partial charge in [-0.05, 0) is 13.0 Å². The summed E-state index contributed by atoms with van der Waals surface area (Å²) in [5.74, 6) is -1.65.